The second-order valence-electron chi connectivity index (χ2n) is 3.91. The minimum atomic E-state index is -3.42. The third-order valence-electron chi connectivity index (χ3n) is 2.44. The van der Waals surface area contributed by atoms with Crippen molar-refractivity contribution in [3.63, 3.8) is 0 Å². The van der Waals surface area contributed by atoms with E-state index in [0.29, 0.717) is 5.69 Å². The smallest absolute Gasteiger partial charge is 0.232 e. The summed E-state index contributed by atoms with van der Waals surface area (Å²) < 4.78 is 25.7. The number of nitrogens with zero attached hydrogens (tertiary/aromatic N) is 1. The van der Waals surface area contributed by atoms with Crippen molar-refractivity contribution in [1.29, 1.82) is 0 Å². The van der Waals surface area contributed by atoms with Crippen LogP contribution >= 0.6 is 0 Å². The Labute approximate surface area is 106 Å². The Morgan fingerprint density at radius 2 is 2.06 bits per heavy atom. The van der Waals surface area contributed by atoms with E-state index in [1.54, 1.807) is 6.07 Å². The zero-order valence-electron chi connectivity index (χ0n) is 9.70. The van der Waals surface area contributed by atoms with E-state index in [9.17, 15) is 8.42 Å². The van der Waals surface area contributed by atoms with Gasteiger partial charge in [0.25, 0.3) is 0 Å². The van der Waals surface area contributed by atoms with Gasteiger partial charge in [-0.1, -0.05) is 18.2 Å². The molecular formula is C12H14N2O3S. The third-order valence-corrected chi connectivity index (χ3v) is 3.81. The van der Waals surface area contributed by atoms with E-state index < -0.39 is 10.0 Å². The molecule has 6 heteroatoms. The number of para-hydroxylation sites is 1. The van der Waals surface area contributed by atoms with Crippen LogP contribution < -0.4 is 4.72 Å². The van der Waals surface area contributed by atoms with E-state index in [4.69, 9.17) is 5.11 Å². The van der Waals surface area contributed by atoms with E-state index in [2.05, 4.69) is 9.71 Å². The van der Waals surface area contributed by atoms with Crippen LogP contribution in [0, 0.1) is 0 Å². The highest BCUT2D eigenvalue weighted by molar-refractivity contribution is 7.92. The lowest BCUT2D eigenvalue weighted by atomic mass is 10.2. The third kappa shape index (κ3) is 3.18. The van der Waals surface area contributed by atoms with Crippen molar-refractivity contribution in [3.8, 4) is 0 Å². The fourth-order valence-electron chi connectivity index (χ4n) is 1.61. The standard InChI is InChI=1S/C12H14N2O3S/c15-6-3-7-18(16,17)14-11-8-10-4-1-2-5-12(10)13-9-11/h1-2,4-5,8-9,14-15H,3,6-7H2. The maximum atomic E-state index is 11.6. The van der Waals surface area contributed by atoms with Crippen LogP contribution in [-0.2, 0) is 10.0 Å². The Morgan fingerprint density at radius 1 is 1.28 bits per heavy atom. The normalized spacial score (nSPS) is 11.6. The fourth-order valence-corrected chi connectivity index (χ4v) is 2.69. The molecule has 1 heterocycles. The summed E-state index contributed by atoms with van der Waals surface area (Å²) in [7, 11) is -3.42. The Morgan fingerprint density at radius 3 is 2.83 bits per heavy atom. The van der Waals surface area contributed by atoms with Gasteiger partial charge in [0.05, 0.1) is 23.2 Å². The summed E-state index contributed by atoms with van der Waals surface area (Å²) in [5.41, 5.74) is 1.25. The molecule has 0 aliphatic heterocycles. The summed E-state index contributed by atoms with van der Waals surface area (Å²) >= 11 is 0. The number of rotatable bonds is 5. The van der Waals surface area contributed by atoms with Crippen LogP contribution in [0.5, 0.6) is 0 Å². The van der Waals surface area contributed by atoms with E-state index in [1.165, 1.54) is 6.20 Å². The number of benzene rings is 1. The van der Waals surface area contributed by atoms with Crippen molar-refractivity contribution in [3.05, 3.63) is 36.5 Å². The second kappa shape index (κ2) is 5.32. The lowest BCUT2D eigenvalue weighted by molar-refractivity contribution is 0.295. The molecule has 96 valence electrons. The van der Waals surface area contributed by atoms with E-state index in [0.717, 1.165) is 10.9 Å². The lowest BCUT2D eigenvalue weighted by Crippen LogP contribution is -2.17. The summed E-state index contributed by atoms with van der Waals surface area (Å²) in [5, 5.41) is 9.51. The Hall–Kier alpha value is -1.66. The average Bonchev–Trinajstić information content (AvgIpc) is 2.36. The van der Waals surface area contributed by atoms with Gasteiger partial charge in [0, 0.05) is 12.0 Å². The van der Waals surface area contributed by atoms with E-state index in [-0.39, 0.29) is 18.8 Å². The highest BCUT2D eigenvalue weighted by atomic mass is 32.2. The predicted molar refractivity (Wildman–Crippen MR) is 70.9 cm³/mol. The molecule has 0 aliphatic rings. The number of hydrogen-bond donors (Lipinski definition) is 2. The van der Waals surface area contributed by atoms with Crippen LogP contribution in [0.2, 0.25) is 0 Å². The van der Waals surface area contributed by atoms with Gasteiger partial charge >= 0.3 is 0 Å². The predicted octanol–water partition coefficient (Wildman–Crippen LogP) is 1.36. The summed E-state index contributed by atoms with van der Waals surface area (Å²) in [4.78, 5) is 4.17. The number of aliphatic hydroxyl groups is 1. The van der Waals surface area contributed by atoms with E-state index in [1.807, 2.05) is 24.3 Å². The van der Waals surface area contributed by atoms with Crippen LogP contribution in [0.15, 0.2) is 36.5 Å². The van der Waals surface area contributed by atoms with Gasteiger partial charge in [0.2, 0.25) is 10.0 Å². The maximum absolute atomic E-state index is 11.6. The molecule has 0 fully saturated rings. The van der Waals surface area contributed by atoms with Gasteiger partial charge in [0.15, 0.2) is 0 Å². The van der Waals surface area contributed by atoms with Gasteiger partial charge in [-0.05, 0) is 18.6 Å². The average molecular weight is 266 g/mol. The molecule has 0 atom stereocenters. The molecule has 0 radical (unpaired) electrons. The summed E-state index contributed by atoms with van der Waals surface area (Å²) in [6.45, 7) is -0.142. The molecule has 0 bridgehead atoms. The maximum Gasteiger partial charge on any atom is 0.232 e. The summed E-state index contributed by atoms with van der Waals surface area (Å²) in [5.74, 6) is -0.101. The molecule has 18 heavy (non-hydrogen) atoms. The number of hydrogen-bond acceptors (Lipinski definition) is 4. The van der Waals surface area contributed by atoms with E-state index >= 15 is 0 Å². The van der Waals surface area contributed by atoms with Crippen LogP contribution in [0.25, 0.3) is 10.9 Å². The molecule has 0 aliphatic carbocycles. The Bertz CT molecular complexity index is 641. The van der Waals surface area contributed by atoms with Crippen molar-refractivity contribution in [1.82, 2.24) is 4.98 Å². The first-order valence-electron chi connectivity index (χ1n) is 5.57. The number of anilines is 1. The van der Waals surface area contributed by atoms with Crippen molar-refractivity contribution >= 4 is 26.6 Å². The molecule has 5 nitrogen and oxygen atoms in total. The van der Waals surface area contributed by atoms with Gasteiger partial charge in [-0.15, -0.1) is 0 Å². The summed E-state index contributed by atoms with van der Waals surface area (Å²) in [6.07, 6.45) is 1.70. The number of fused-ring (bicyclic) bond motifs is 1. The Kier molecular flexibility index (Phi) is 3.78. The molecule has 1 aromatic carbocycles. The highest BCUT2D eigenvalue weighted by Crippen LogP contribution is 2.17. The summed E-state index contributed by atoms with van der Waals surface area (Å²) in [6, 6.07) is 9.21. The number of nitrogens with one attached hydrogen (secondary N) is 1. The molecule has 0 amide bonds. The molecule has 0 saturated heterocycles. The number of sulfonamides is 1. The molecule has 2 N–H and O–H groups in total. The van der Waals surface area contributed by atoms with Crippen molar-refractivity contribution in [2.45, 2.75) is 6.42 Å². The van der Waals surface area contributed by atoms with Gasteiger partial charge in [-0.25, -0.2) is 8.42 Å². The van der Waals surface area contributed by atoms with Gasteiger partial charge in [0.1, 0.15) is 0 Å². The topological polar surface area (TPSA) is 79.3 Å². The zero-order chi connectivity index (χ0) is 13.0. The van der Waals surface area contributed by atoms with Crippen LogP contribution in [0.1, 0.15) is 6.42 Å². The Balaban J connectivity index is 2.22. The molecule has 0 unspecified atom stereocenters. The largest absolute Gasteiger partial charge is 0.396 e. The molecule has 2 rings (SSSR count). The molecule has 0 saturated carbocycles. The van der Waals surface area contributed by atoms with Crippen LogP contribution in [-0.4, -0.2) is 30.9 Å². The van der Waals surface area contributed by atoms with Crippen molar-refractivity contribution < 1.29 is 13.5 Å². The van der Waals surface area contributed by atoms with Crippen molar-refractivity contribution in [2.24, 2.45) is 0 Å². The lowest BCUT2D eigenvalue weighted by Gasteiger charge is -2.07. The first-order chi connectivity index (χ1) is 8.61. The molecule has 2 aromatic rings. The number of pyridine rings is 1. The molecule has 1 aromatic heterocycles. The first kappa shape index (κ1) is 12.8. The minimum absolute atomic E-state index is 0.101. The number of aliphatic hydroxyl groups excluding tert-OH is 1. The monoisotopic (exact) mass is 266 g/mol. The van der Waals surface area contributed by atoms with Gasteiger partial charge < -0.3 is 5.11 Å². The minimum Gasteiger partial charge on any atom is -0.396 e. The highest BCUT2D eigenvalue weighted by Gasteiger charge is 2.10. The number of aromatic nitrogens is 1. The van der Waals surface area contributed by atoms with Gasteiger partial charge in [-0.2, -0.15) is 0 Å². The fraction of sp³-hybridized carbons (Fsp3) is 0.250. The van der Waals surface area contributed by atoms with Crippen molar-refractivity contribution in [2.75, 3.05) is 17.1 Å². The van der Waals surface area contributed by atoms with Crippen LogP contribution in [0.3, 0.4) is 0 Å². The SMILES string of the molecule is O=S(=O)(CCCO)Nc1cnc2ccccc2c1. The molecule has 0 spiro atoms. The molecular weight excluding hydrogens is 252 g/mol. The quantitative estimate of drug-likeness (QED) is 0.856. The van der Waals surface area contributed by atoms with Crippen LogP contribution in [0.4, 0.5) is 5.69 Å². The van der Waals surface area contributed by atoms with Gasteiger partial charge in [-0.3, -0.25) is 9.71 Å². The second-order valence-corrected chi connectivity index (χ2v) is 5.76. The zero-order valence-corrected chi connectivity index (χ0v) is 10.5. The first-order valence-corrected chi connectivity index (χ1v) is 7.22.